The molecule has 0 fully saturated rings. The van der Waals surface area contributed by atoms with E-state index in [1.807, 2.05) is 0 Å². The molecule has 0 amide bonds. The highest BCUT2D eigenvalue weighted by Gasteiger charge is 2.31. The van der Waals surface area contributed by atoms with Crippen molar-refractivity contribution < 1.29 is 32.5 Å². The molecule has 0 aliphatic rings. The molecule has 13 heteroatoms. The Morgan fingerprint density at radius 1 is 1.13 bits per heavy atom. The molecule has 0 aliphatic heterocycles. The maximum Gasteiger partial charge on any atom is 0.416 e. The van der Waals surface area contributed by atoms with Gasteiger partial charge in [0.15, 0.2) is 23.4 Å². The molecule has 39 heavy (non-hydrogen) atoms. The molecular formula is C26H18Br2F3N3O5. The fourth-order valence-electron chi connectivity index (χ4n) is 3.56. The minimum Gasteiger partial charge on any atom is -0.493 e. The summed E-state index contributed by atoms with van der Waals surface area (Å²) in [6.07, 6.45) is -4.49. The predicted octanol–water partition coefficient (Wildman–Crippen LogP) is 6.35. The maximum atomic E-state index is 13.4. The van der Waals surface area contributed by atoms with Crippen LogP contribution in [0.4, 0.5) is 13.2 Å². The maximum absolute atomic E-state index is 13.4. The lowest BCUT2D eigenvalue weighted by atomic mass is 10.1. The van der Waals surface area contributed by atoms with Crippen molar-refractivity contribution in [2.45, 2.75) is 19.2 Å². The van der Waals surface area contributed by atoms with Crippen LogP contribution >= 0.6 is 31.9 Å². The number of hydrogen-bond donors (Lipinski definition) is 1. The van der Waals surface area contributed by atoms with E-state index >= 15 is 0 Å². The number of alkyl halides is 3. The Bertz CT molecular complexity index is 1670. The Morgan fingerprint density at radius 2 is 1.85 bits per heavy atom. The number of methoxy groups -OCH3 is 1. The van der Waals surface area contributed by atoms with Gasteiger partial charge < -0.3 is 14.6 Å². The number of carboxylic acid groups (broad SMARTS) is 1. The van der Waals surface area contributed by atoms with Gasteiger partial charge in [0.05, 0.1) is 34.3 Å². The summed E-state index contributed by atoms with van der Waals surface area (Å²) < 4.78 is 52.7. The Hall–Kier alpha value is -3.71. The van der Waals surface area contributed by atoms with Crippen LogP contribution in [0, 0.1) is 0 Å². The van der Waals surface area contributed by atoms with Crippen molar-refractivity contribution in [3.63, 3.8) is 0 Å². The SMILES string of the molecule is COc1cc(C=Nn2c(-c3cccc(C(F)(F)F)c3)nc3ccccc3c2=O)c(Br)c(Br)c1O[C@H](C)C(=O)O. The van der Waals surface area contributed by atoms with Gasteiger partial charge in [0.2, 0.25) is 0 Å². The van der Waals surface area contributed by atoms with Crippen LogP contribution in [0.1, 0.15) is 18.1 Å². The molecule has 1 aromatic heterocycles. The lowest BCUT2D eigenvalue weighted by Crippen LogP contribution is -2.23. The molecule has 202 valence electrons. The van der Waals surface area contributed by atoms with Crippen molar-refractivity contribution in [2.75, 3.05) is 7.11 Å². The van der Waals surface area contributed by atoms with Gasteiger partial charge in [-0.3, -0.25) is 4.79 Å². The van der Waals surface area contributed by atoms with E-state index < -0.39 is 29.4 Å². The Kier molecular flexibility index (Phi) is 8.12. The van der Waals surface area contributed by atoms with E-state index in [9.17, 15) is 27.9 Å². The first-order chi connectivity index (χ1) is 18.4. The quantitative estimate of drug-likeness (QED) is 0.230. The first-order valence-corrected chi connectivity index (χ1v) is 12.7. The average Bonchev–Trinajstić information content (AvgIpc) is 2.91. The van der Waals surface area contributed by atoms with E-state index in [-0.39, 0.29) is 28.3 Å². The monoisotopic (exact) mass is 667 g/mol. The molecule has 8 nitrogen and oxygen atoms in total. The first-order valence-electron chi connectivity index (χ1n) is 11.1. The van der Waals surface area contributed by atoms with Crippen molar-refractivity contribution in [1.29, 1.82) is 0 Å². The average molecular weight is 669 g/mol. The van der Waals surface area contributed by atoms with Crippen molar-refractivity contribution in [3.8, 4) is 22.9 Å². The second kappa shape index (κ2) is 11.2. The van der Waals surface area contributed by atoms with Crippen molar-refractivity contribution >= 4 is 54.9 Å². The minimum atomic E-state index is -4.60. The van der Waals surface area contributed by atoms with Gasteiger partial charge in [-0.25, -0.2) is 9.78 Å². The first kappa shape index (κ1) is 28.3. The van der Waals surface area contributed by atoms with Gasteiger partial charge in [0, 0.05) is 15.6 Å². The van der Waals surface area contributed by atoms with E-state index in [4.69, 9.17) is 9.47 Å². The highest BCUT2D eigenvalue weighted by Crippen LogP contribution is 2.43. The molecule has 0 saturated carbocycles. The number of nitrogens with zero attached hydrogens (tertiary/aromatic N) is 3. The number of benzene rings is 3. The number of aliphatic carboxylic acids is 1. The summed E-state index contributed by atoms with van der Waals surface area (Å²) in [6, 6.07) is 12.4. The zero-order valence-electron chi connectivity index (χ0n) is 20.2. The molecule has 0 bridgehead atoms. The topological polar surface area (TPSA) is 103 Å². The van der Waals surface area contributed by atoms with Crippen LogP contribution in [0.25, 0.3) is 22.3 Å². The molecule has 1 N–H and O–H groups in total. The number of rotatable bonds is 7. The third-order valence-electron chi connectivity index (χ3n) is 5.53. The number of halogens is 5. The third kappa shape index (κ3) is 5.83. The molecule has 1 atom stereocenters. The smallest absolute Gasteiger partial charge is 0.416 e. The molecular weight excluding hydrogens is 651 g/mol. The Labute approximate surface area is 236 Å². The van der Waals surface area contributed by atoms with E-state index in [1.165, 1.54) is 44.5 Å². The molecule has 0 aliphatic carbocycles. The van der Waals surface area contributed by atoms with Gasteiger partial charge in [0.1, 0.15) is 0 Å². The summed E-state index contributed by atoms with van der Waals surface area (Å²) in [5, 5.41) is 13.7. The summed E-state index contributed by atoms with van der Waals surface area (Å²) in [7, 11) is 1.36. The molecule has 4 rings (SSSR count). The number of aromatic nitrogens is 2. The standard InChI is InChI=1S/C26H18Br2F3N3O5/c1-13(25(36)37)39-22-19(38-2)11-15(20(27)21(22)28)12-32-34-23(14-6-5-7-16(10-14)26(29,30)31)33-18-9-4-3-8-17(18)24(34)35/h3-13H,1-2H3,(H,36,37)/t13-/m1/s1. The summed E-state index contributed by atoms with van der Waals surface area (Å²) in [4.78, 5) is 29.1. The number of carboxylic acids is 1. The molecule has 0 saturated heterocycles. The summed E-state index contributed by atoms with van der Waals surface area (Å²) >= 11 is 6.76. The highest BCUT2D eigenvalue weighted by molar-refractivity contribution is 9.13. The number of para-hydroxylation sites is 1. The molecule has 3 aromatic carbocycles. The van der Waals surface area contributed by atoms with E-state index in [2.05, 4.69) is 41.9 Å². The molecule has 1 heterocycles. The summed E-state index contributed by atoms with van der Waals surface area (Å²) in [5.74, 6) is -0.998. The number of hydrogen-bond acceptors (Lipinski definition) is 6. The number of fused-ring (bicyclic) bond motifs is 1. The zero-order valence-corrected chi connectivity index (χ0v) is 23.3. The molecule has 0 spiro atoms. The van der Waals surface area contributed by atoms with Crippen LogP contribution in [-0.4, -0.2) is 40.2 Å². The zero-order chi connectivity index (χ0) is 28.5. The summed E-state index contributed by atoms with van der Waals surface area (Å²) in [6.45, 7) is 1.35. The lowest BCUT2D eigenvalue weighted by molar-refractivity contribution is -0.144. The van der Waals surface area contributed by atoms with Gasteiger partial charge in [0.25, 0.3) is 5.56 Å². The van der Waals surface area contributed by atoms with Gasteiger partial charge in [-0.2, -0.15) is 22.9 Å². The van der Waals surface area contributed by atoms with Crippen LogP contribution in [0.15, 0.2) is 73.4 Å². The normalized spacial score (nSPS) is 12.6. The second-order valence-corrected chi connectivity index (χ2v) is 9.70. The lowest BCUT2D eigenvalue weighted by Gasteiger charge is -2.17. The molecule has 0 radical (unpaired) electrons. The Morgan fingerprint density at radius 3 is 2.51 bits per heavy atom. The van der Waals surface area contributed by atoms with Crippen LogP contribution in [0.5, 0.6) is 11.5 Å². The predicted molar refractivity (Wildman–Crippen MR) is 146 cm³/mol. The van der Waals surface area contributed by atoms with Crippen molar-refractivity contribution in [2.24, 2.45) is 5.10 Å². The largest absolute Gasteiger partial charge is 0.493 e. The van der Waals surface area contributed by atoms with Crippen molar-refractivity contribution in [3.05, 3.63) is 85.0 Å². The van der Waals surface area contributed by atoms with Crippen LogP contribution in [0.3, 0.4) is 0 Å². The third-order valence-corrected chi connectivity index (χ3v) is 7.68. The minimum absolute atomic E-state index is 0.0362. The number of carbonyl (C=O) groups is 1. The Balaban J connectivity index is 1.89. The van der Waals surface area contributed by atoms with Gasteiger partial charge in [-0.1, -0.05) is 24.3 Å². The molecule has 4 aromatic rings. The van der Waals surface area contributed by atoms with Crippen LogP contribution in [-0.2, 0) is 11.0 Å². The number of ether oxygens (including phenoxy) is 2. The van der Waals surface area contributed by atoms with Gasteiger partial charge >= 0.3 is 12.1 Å². The fourth-order valence-corrected chi connectivity index (χ4v) is 4.47. The van der Waals surface area contributed by atoms with Gasteiger partial charge in [-0.05, 0) is 69.1 Å². The van der Waals surface area contributed by atoms with E-state index in [1.54, 1.807) is 18.2 Å². The van der Waals surface area contributed by atoms with Crippen molar-refractivity contribution in [1.82, 2.24) is 9.66 Å². The van der Waals surface area contributed by atoms with Crippen LogP contribution in [0.2, 0.25) is 0 Å². The molecule has 0 unspecified atom stereocenters. The second-order valence-electron chi connectivity index (χ2n) is 8.12. The highest BCUT2D eigenvalue weighted by atomic mass is 79.9. The van der Waals surface area contributed by atoms with E-state index in [0.717, 1.165) is 16.8 Å². The summed E-state index contributed by atoms with van der Waals surface area (Å²) in [5.41, 5.74) is -0.790. The van der Waals surface area contributed by atoms with E-state index in [0.29, 0.717) is 20.0 Å². The van der Waals surface area contributed by atoms with Gasteiger partial charge in [-0.15, -0.1) is 0 Å². The fraction of sp³-hybridized carbons (Fsp3) is 0.154. The van der Waals surface area contributed by atoms with Crippen LogP contribution < -0.4 is 15.0 Å².